The van der Waals surface area contributed by atoms with E-state index >= 15 is 0 Å². The molecule has 0 amide bonds. The number of rotatable bonds is 9. The molecule has 1 aliphatic carbocycles. The van der Waals surface area contributed by atoms with E-state index in [1.165, 1.54) is 6.07 Å². The predicted molar refractivity (Wildman–Crippen MR) is 150 cm³/mol. The maximum Gasteiger partial charge on any atom is 0.335 e. The number of nitrogens with zero attached hydrogens (tertiary/aromatic N) is 5. The summed E-state index contributed by atoms with van der Waals surface area (Å²) in [5.74, 6) is 0.683. The number of pyridine rings is 1. The van der Waals surface area contributed by atoms with Gasteiger partial charge in [0.25, 0.3) is 0 Å². The standard InChI is InChI=1S/C32H30FN5O4/c33-26-11-20(15-34)1-2-22(26)18-42-24-5-8-35-29(13-24)32-14-23(32)6-9-37(19-32)17-30-36-27-4-3-21(31(39)40)12-28(27)38(30)16-25-7-10-41-25/h1-5,8,11-13,23,25H,6-7,9-10,14,16-19H2,(H,39,40)/t23?,25-,32?/m0/s1. The van der Waals surface area contributed by atoms with Gasteiger partial charge in [-0.2, -0.15) is 5.26 Å². The van der Waals surface area contributed by atoms with Gasteiger partial charge >= 0.3 is 5.97 Å². The Morgan fingerprint density at radius 2 is 2.10 bits per heavy atom. The lowest BCUT2D eigenvalue weighted by Crippen LogP contribution is -2.40. The van der Waals surface area contributed by atoms with E-state index in [2.05, 4.69) is 9.47 Å². The van der Waals surface area contributed by atoms with Crippen molar-refractivity contribution in [2.75, 3.05) is 19.7 Å². The second kappa shape index (κ2) is 10.5. The normalized spacial score (nSPS) is 23.1. The predicted octanol–water partition coefficient (Wildman–Crippen LogP) is 4.67. The molecule has 4 heterocycles. The average molecular weight is 568 g/mol. The Hall–Kier alpha value is -4.33. The van der Waals surface area contributed by atoms with Crippen LogP contribution in [0.5, 0.6) is 5.75 Å². The second-order valence-corrected chi connectivity index (χ2v) is 11.6. The van der Waals surface area contributed by atoms with Crippen LogP contribution in [0.2, 0.25) is 0 Å². The lowest BCUT2D eigenvalue weighted by Gasteiger charge is -2.33. The van der Waals surface area contributed by atoms with Gasteiger partial charge in [-0.3, -0.25) is 9.88 Å². The van der Waals surface area contributed by atoms with Crippen molar-refractivity contribution >= 4 is 17.0 Å². The Morgan fingerprint density at radius 3 is 2.86 bits per heavy atom. The van der Waals surface area contributed by atoms with Gasteiger partial charge in [-0.05, 0) is 68.1 Å². The van der Waals surface area contributed by atoms with Crippen molar-refractivity contribution < 1.29 is 23.8 Å². The molecular formula is C32H30FN5O4. The molecule has 2 aromatic carbocycles. The number of carboxylic acids is 1. The van der Waals surface area contributed by atoms with E-state index in [1.807, 2.05) is 12.1 Å². The highest BCUT2D eigenvalue weighted by Gasteiger charge is 2.58. The Morgan fingerprint density at radius 1 is 1.21 bits per heavy atom. The molecule has 0 radical (unpaired) electrons. The lowest BCUT2D eigenvalue weighted by molar-refractivity contribution is -0.0592. The van der Waals surface area contributed by atoms with Gasteiger partial charge in [0, 0.05) is 36.4 Å². The molecule has 1 saturated carbocycles. The molecule has 0 spiro atoms. The number of benzene rings is 2. The molecule has 9 nitrogen and oxygen atoms in total. The van der Waals surface area contributed by atoms with Crippen LogP contribution in [0, 0.1) is 23.1 Å². The van der Waals surface area contributed by atoms with Crippen LogP contribution in [0.3, 0.4) is 0 Å². The van der Waals surface area contributed by atoms with Crippen LogP contribution in [0.4, 0.5) is 4.39 Å². The fourth-order valence-corrected chi connectivity index (χ4v) is 6.43. The number of fused-ring (bicyclic) bond motifs is 2. The van der Waals surface area contributed by atoms with E-state index in [1.54, 1.807) is 42.6 Å². The lowest BCUT2D eigenvalue weighted by atomic mass is 9.92. The minimum Gasteiger partial charge on any atom is -0.489 e. The first kappa shape index (κ1) is 26.6. The summed E-state index contributed by atoms with van der Waals surface area (Å²) < 4.78 is 28.2. The Bertz CT molecular complexity index is 1730. The highest BCUT2D eigenvalue weighted by atomic mass is 19.1. The SMILES string of the molecule is N#Cc1ccc(COc2ccnc(C34CC3CCN(Cc3nc5ccc(C(=O)O)cc5n3C[C@@H]3CCO3)C4)c2)c(F)c1. The van der Waals surface area contributed by atoms with Gasteiger partial charge in [-0.15, -0.1) is 0 Å². The number of halogens is 1. The number of hydrogen-bond acceptors (Lipinski definition) is 7. The number of imidazole rings is 1. The van der Waals surface area contributed by atoms with Gasteiger partial charge in [0.15, 0.2) is 0 Å². The first-order valence-corrected chi connectivity index (χ1v) is 14.3. The average Bonchev–Trinajstić information content (AvgIpc) is 3.62. The van der Waals surface area contributed by atoms with Crippen molar-refractivity contribution in [1.82, 2.24) is 19.4 Å². The van der Waals surface area contributed by atoms with Crippen LogP contribution in [0.15, 0.2) is 54.7 Å². The second-order valence-electron chi connectivity index (χ2n) is 11.6. The van der Waals surface area contributed by atoms with Crippen molar-refractivity contribution in [3.8, 4) is 11.8 Å². The molecule has 3 atom stereocenters. The monoisotopic (exact) mass is 567 g/mol. The molecule has 3 fully saturated rings. The number of aromatic carboxylic acids is 1. The molecule has 2 saturated heterocycles. The van der Waals surface area contributed by atoms with E-state index < -0.39 is 11.8 Å². The third-order valence-corrected chi connectivity index (χ3v) is 8.97. The molecule has 1 N–H and O–H groups in total. The molecule has 0 bridgehead atoms. The van der Waals surface area contributed by atoms with Crippen LogP contribution in [-0.4, -0.2) is 56.3 Å². The summed E-state index contributed by atoms with van der Waals surface area (Å²) in [6, 6.07) is 15.2. The molecule has 7 rings (SSSR count). The smallest absolute Gasteiger partial charge is 0.335 e. The quantitative estimate of drug-likeness (QED) is 0.310. The number of nitriles is 1. The zero-order chi connectivity index (χ0) is 28.8. The van der Waals surface area contributed by atoms with Crippen LogP contribution < -0.4 is 4.74 Å². The number of ether oxygens (including phenoxy) is 2. The largest absolute Gasteiger partial charge is 0.489 e. The van der Waals surface area contributed by atoms with Crippen molar-refractivity contribution in [1.29, 1.82) is 5.26 Å². The summed E-state index contributed by atoms with van der Waals surface area (Å²) in [6.07, 6.45) is 4.95. The molecule has 4 aromatic rings. The van der Waals surface area contributed by atoms with Gasteiger partial charge in [0.1, 0.15) is 24.0 Å². The first-order chi connectivity index (χ1) is 20.4. The number of hydrogen-bond donors (Lipinski definition) is 1. The molecular weight excluding hydrogens is 537 g/mol. The van der Waals surface area contributed by atoms with E-state index in [0.717, 1.165) is 61.5 Å². The topological polar surface area (TPSA) is 114 Å². The van der Waals surface area contributed by atoms with E-state index in [4.69, 9.17) is 24.7 Å². The minimum absolute atomic E-state index is 0.0636. The zero-order valence-electron chi connectivity index (χ0n) is 23.0. The van der Waals surface area contributed by atoms with Crippen LogP contribution >= 0.6 is 0 Å². The van der Waals surface area contributed by atoms with Gasteiger partial charge in [-0.25, -0.2) is 14.2 Å². The molecule has 10 heteroatoms. The summed E-state index contributed by atoms with van der Waals surface area (Å²) in [5.41, 5.74) is 3.44. The molecule has 2 unspecified atom stereocenters. The van der Waals surface area contributed by atoms with Crippen LogP contribution in [0.1, 0.15) is 52.3 Å². The summed E-state index contributed by atoms with van der Waals surface area (Å²) >= 11 is 0. The fraction of sp³-hybridized carbons (Fsp3) is 0.375. The zero-order valence-corrected chi connectivity index (χ0v) is 23.0. The highest BCUT2D eigenvalue weighted by Crippen LogP contribution is 2.58. The maximum atomic E-state index is 14.4. The summed E-state index contributed by atoms with van der Waals surface area (Å²) in [7, 11) is 0. The van der Waals surface area contributed by atoms with Crippen molar-refractivity contribution in [2.45, 2.75) is 50.5 Å². The third-order valence-electron chi connectivity index (χ3n) is 8.97. The molecule has 42 heavy (non-hydrogen) atoms. The van der Waals surface area contributed by atoms with Gasteiger partial charge in [0.2, 0.25) is 0 Å². The first-order valence-electron chi connectivity index (χ1n) is 14.3. The number of carboxylic acid groups (broad SMARTS) is 1. The summed E-state index contributed by atoms with van der Waals surface area (Å²) in [6.45, 7) is 3.89. The van der Waals surface area contributed by atoms with Gasteiger partial charge < -0.3 is 19.1 Å². The highest BCUT2D eigenvalue weighted by molar-refractivity contribution is 5.92. The van der Waals surface area contributed by atoms with Crippen LogP contribution in [0.25, 0.3) is 11.0 Å². The molecule has 3 aliphatic rings. The summed E-state index contributed by atoms with van der Waals surface area (Å²) in [5, 5.41) is 18.5. The van der Waals surface area contributed by atoms with E-state index in [9.17, 15) is 14.3 Å². The van der Waals surface area contributed by atoms with E-state index in [0.29, 0.717) is 30.3 Å². The van der Waals surface area contributed by atoms with E-state index in [-0.39, 0.29) is 29.3 Å². The Balaban J connectivity index is 1.09. The molecule has 2 aliphatic heterocycles. The Kier molecular flexibility index (Phi) is 6.64. The summed E-state index contributed by atoms with van der Waals surface area (Å²) in [4.78, 5) is 23.7. The Labute approximate surface area is 242 Å². The van der Waals surface area contributed by atoms with Crippen molar-refractivity contribution in [3.05, 3.63) is 88.8 Å². The number of aromatic nitrogens is 3. The number of likely N-dealkylation sites (tertiary alicyclic amines) is 1. The van der Waals surface area contributed by atoms with Gasteiger partial charge in [-0.1, -0.05) is 6.07 Å². The van der Waals surface area contributed by atoms with Crippen LogP contribution in [-0.2, 0) is 29.8 Å². The maximum absolute atomic E-state index is 14.4. The van der Waals surface area contributed by atoms with Crippen molar-refractivity contribution in [2.24, 2.45) is 5.92 Å². The third kappa shape index (κ3) is 4.89. The number of piperidine rings is 1. The number of carbonyl (C=O) groups is 1. The van der Waals surface area contributed by atoms with Crippen molar-refractivity contribution in [3.63, 3.8) is 0 Å². The van der Waals surface area contributed by atoms with Gasteiger partial charge in [0.05, 0.1) is 53.1 Å². The fourth-order valence-electron chi connectivity index (χ4n) is 6.43. The molecule has 214 valence electrons. The molecule has 2 aromatic heterocycles. The minimum atomic E-state index is -0.954.